The minimum atomic E-state index is -0.166. The third kappa shape index (κ3) is 3.11. The average Bonchev–Trinajstić information content (AvgIpc) is 3.45. The summed E-state index contributed by atoms with van der Waals surface area (Å²) in [6, 6.07) is 1.84. The minimum absolute atomic E-state index is 0.00167. The topological polar surface area (TPSA) is 85.4 Å². The zero-order valence-corrected chi connectivity index (χ0v) is 15.9. The van der Waals surface area contributed by atoms with Crippen LogP contribution in [0.5, 0.6) is 0 Å². The summed E-state index contributed by atoms with van der Waals surface area (Å²) in [4.78, 5) is 31.5. The molecule has 3 heterocycles. The zero-order chi connectivity index (χ0) is 19.8. The Balaban J connectivity index is 1.65. The van der Waals surface area contributed by atoms with Gasteiger partial charge in [-0.15, -0.1) is 0 Å². The Hall–Kier alpha value is -3.29. The summed E-state index contributed by atoms with van der Waals surface area (Å²) in [5, 5.41) is 8.48. The van der Waals surface area contributed by atoms with Crippen molar-refractivity contribution in [3.05, 3.63) is 49.2 Å². The third-order valence-electron chi connectivity index (χ3n) is 5.47. The number of amides is 1. The van der Waals surface area contributed by atoms with E-state index < -0.39 is 0 Å². The SMILES string of the molecule is C=CC(=O)N(C)[C@H]1CC[C@@H](C(=O)c2nc(-c3cnn(C)c3)cn3nccc23)C1. The molecule has 0 unspecified atom stereocenters. The van der Waals surface area contributed by atoms with Gasteiger partial charge in [0, 0.05) is 37.8 Å². The van der Waals surface area contributed by atoms with E-state index in [9.17, 15) is 9.59 Å². The first-order chi connectivity index (χ1) is 13.5. The summed E-state index contributed by atoms with van der Waals surface area (Å²) in [5.74, 6) is -0.286. The first kappa shape index (κ1) is 18.1. The van der Waals surface area contributed by atoms with Gasteiger partial charge in [0.15, 0.2) is 5.78 Å². The van der Waals surface area contributed by atoms with Gasteiger partial charge in [-0.3, -0.25) is 14.3 Å². The van der Waals surface area contributed by atoms with Crippen molar-refractivity contribution in [2.45, 2.75) is 25.3 Å². The van der Waals surface area contributed by atoms with E-state index in [0.717, 1.165) is 18.4 Å². The minimum Gasteiger partial charge on any atom is -0.339 e. The highest BCUT2D eigenvalue weighted by molar-refractivity contribution is 6.02. The molecule has 8 nitrogen and oxygen atoms in total. The van der Waals surface area contributed by atoms with Crippen LogP contribution in [0.25, 0.3) is 16.8 Å². The number of carbonyl (C=O) groups is 2. The van der Waals surface area contributed by atoms with Gasteiger partial charge >= 0.3 is 0 Å². The van der Waals surface area contributed by atoms with Crippen LogP contribution >= 0.6 is 0 Å². The average molecular weight is 378 g/mol. The number of carbonyl (C=O) groups excluding carboxylic acids is 2. The van der Waals surface area contributed by atoms with Gasteiger partial charge < -0.3 is 4.90 Å². The number of nitrogens with zero attached hydrogens (tertiary/aromatic N) is 6. The van der Waals surface area contributed by atoms with Gasteiger partial charge in [-0.05, 0) is 31.4 Å². The standard InChI is InChI=1S/C20H22N6O2/c1-4-18(27)25(3)15-6-5-13(9-15)20(28)19-17-7-8-21-26(17)12-16(23-19)14-10-22-24(2)11-14/h4,7-8,10-13,15H,1,5-6,9H2,2-3H3/t13-,15+/m1/s1. The molecule has 0 bridgehead atoms. The second-order valence-electron chi connectivity index (χ2n) is 7.22. The number of ketones is 1. The van der Waals surface area contributed by atoms with E-state index in [-0.39, 0.29) is 23.7 Å². The lowest BCUT2D eigenvalue weighted by Gasteiger charge is -2.23. The molecule has 1 fully saturated rings. The van der Waals surface area contributed by atoms with E-state index in [4.69, 9.17) is 0 Å². The van der Waals surface area contributed by atoms with E-state index in [1.807, 2.05) is 13.2 Å². The smallest absolute Gasteiger partial charge is 0.245 e. The van der Waals surface area contributed by atoms with Gasteiger partial charge in [0.05, 0.1) is 29.8 Å². The van der Waals surface area contributed by atoms with Crippen molar-refractivity contribution in [2.75, 3.05) is 7.05 Å². The largest absolute Gasteiger partial charge is 0.339 e. The quantitative estimate of drug-likeness (QED) is 0.501. The van der Waals surface area contributed by atoms with Gasteiger partial charge in [0.2, 0.25) is 5.91 Å². The van der Waals surface area contributed by atoms with Crippen LogP contribution in [0.3, 0.4) is 0 Å². The molecule has 1 aliphatic carbocycles. The fourth-order valence-electron chi connectivity index (χ4n) is 3.87. The first-order valence-corrected chi connectivity index (χ1v) is 9.24. The van der Waals surface area contributed by atoms with Gasteiger partial charge in [-0.2, -0.15) is 10.2 Å². The van der Waals surface area contributed by atoms with E-state index in [2.05, 4.69) is 21.8 Å². The van der Waals surface area contributed by atoms with Crippen molar-refractivity contribution in [1.82, 2.24) is 29.3 Å². The molecule has 3 aromatic heterocycles. The molecule has 0 spiro atoms. The van der Waals surface area contributed by atoms with Crippen molar-refractivity contribution in [3.63, 3.8) is 0 Å². The van der Waals surface area contributed by atoms with Crippen molar-refractivity contribution in [2.24, 2.45) is 13.0 Å². The van der Waals surface area contributed by atoms with Crippen LogP contribution in [0.15, 0.2) is 43.5 Å². The molecule has 0 aromatic carbocycles. The van der Waals surface area contributed by atoms with Gasteiger partial charge in [0.25, 0.3) is 0 Å². The second-order valence-corrected chi connectivity index (χ2v) is 7.22. The predicted molar refractivity (Wildman–Crippen MR) is 104 cm³/mol. The fraction of sp³-hybridized carbons (Fsp3) is 0.350. The van der Waals surface area contributed by atoms with E-state index in [0.29, 0.717) is 23.3 Å². The Kier molecular flexibility index (Phi) is 4.54. The molecule has 2 atom stereocenters. The third-order valence-corrected chi connectivity index (χ3v) is 5.47. The Morgan fingerprint density at radius 2 is 2.11 bits per heavy atom. The molecule has 144 valence electrons. The number of hydrogen-bond donors (Lipinski definition) is 0. The Morgan fingerprint density at radius 1 is 1.29 bits per heavy atom. The van der Waals surface area contributed by atoms with Gasteiger partial charge in [-0.25, -0.2) is 9.50 Å². The molecule has 0 N–H and O–H groups in total. The van der Waals surface area contributed by atoms with Crippen molar-refractivity contribution < 1.29 is 9.59 Å². The van der Waals surface area contributed by atoms with Crippen molar-refractivity contribution >= 4 is 17.2 Å². The highest BCUT2D eigenvalue weighted by Gasteiger charge is 2.35. The molecule has 1 saturated carbocycles. The highest BCUT2D eigenvalue weighted by Crippen LogP contribution is 2.32. The number of Topliss-reactive ketones (excluding diaryl/α,β-unsaturated/α-hetero) is 1. The summed E-state index contributed by atoms with van der Waals surface area (Å²) in [6.45, 7) is 3.54. The summed E-state index contributed by atoms with van der Waals surface area (Å²) < 4.78 is 3.38. The van der Waals surface area contributed by atoms with Crippen LogP contribution in [0.1, 0.15) is 29.8 Å². The Bertz CT molecular complexity index is 1070. The molecule has 0 saturated heterocycles. The molecule has 1 amide bonds. The second kappa shape index (κ2) is 7.03. The van der Waals surface area contributed by atoms with E-state index >= 15 is 0 Å². The number of hydrogen-bond acceptors (Lipinski definition) is 5. The maximum atomic E-state index is 13.3. The maximum absolute atomic E-state index is 13.3. The lowest BCUT2D eigenvalue weighted by molar-refractivity contribution is -0.126. The molecule has 4 rings (SSSR count). The number of aryl methyl sites for hydroxylation is 1. The van der Waals surface area contributed by atoms with Crippen LogP contribution in [0.4, 0.5) is 0 Å². The maximum Gasteiger partial charge on any atom is 0.245 e. The van der Waals surface area contributed by atoms with Crippen LogP contribution in [-0.4, -0.2) is 54.1 Å². The molecule has 0 aliphatic heterocycles. The van der Waals surface area contributed by atoms with Gasteiger partial charge in [0.1, 0.15) is 5.69 Å². The summed E-state index contributed by atoms with van der Waals surface area (Å²) in [5.41, 5.74) is 2.59. The summed E-state index contributed by atoms with van der Waals surface area (Å²) in [6.07, 6.45) is 10.5. The Labute approximate surface area is 162 Å². The molecule has 3 aromatic rings. The van der Waals surface area contributed by atoms with Gasteiger partial charge in [-0.1, -0.05) is 6.58 Å². The van der Waals surface area contributed by atoms with E-state index in [1.54, 1.807) is 45.8 Å². The van der Waals surface area contributed by atoms with Crippen molar-refractivity contribution in [1.29, 1.82) is 0 Å². The lowest BCUT2D eigenvalue weighted by Crippen LogP contribution is -2.34. The monoisotopic (exact) mass is 378 g/mol. The molecule has 0 radical (unpaired) electrons. The van der Waals surface area contributed by atoms with Crippen molar-refractivity contribution in [3.8, 4) is 11.3 Å². The van der Waals surface area contributed by atoms with Crippen LogP contribution in [-0.2, 0) is 11.8 Å². The normalized spacial score (nSPS) is 19.1. The number of aromatic nitrogens is 5. The molecule has 28 heavy (non-hydrogen) atoms. The number of fused-ring (bicyclic) bond motifs is 1. The number of rotatable bonds is 5. The summed E-state index contributed by atoms with van der Waals surface area (Å²) >= 11 is 0. The van der Waals surface area contributed by atoms with Crippen LogP contribution < -0.4 is 0 Å². The highest BCUT2D eigenvalue weighted by atomic mass is 16.2. The summed E-state index contributed by atoms with van der Waals surface area (Å²) in [7, 11) is 3.60. The molecular weight excluding hydrogens is 356 g/mol. The van der Waals surface area contributed by atoms with E-state index in [1.165, 1.54) is 6.08 Å². The first-order valence-electron chi connectivity index (χ1n) is 9.24. The molecular formula is C20H22N6O2. The zero-order valence-electron chi connectivity index (χ0n) is 15.9. The van der Waals surface area contributed by atoms with Crippen LogP contribution in [0, 0.1) is 5.92 Å². The van der Waals surface area contributed by atoms with Crippen LogP contribution in [0.2, 0.25) is 0 Å². The molecule has 1 aliphatic rings. The lowest BCUT2D eigenvalue weighted by atomic mass is 9.98. The Morgan fingerprint density at radius 3 is 2.82 bits per heavy atom. The number of likely N-dealkylation sites (N-methyl/N-ethyl adjacent to an activating group) is 1. The molecule has 8 heteroatoms. The fourth-order valence-corrected chi connectivity index (χ4v) is 3.87. The predicted octanol–water partition coefficient (Wildman–Crippen LogP) is 2.13.